The summed E-state index contributed by atoms with van der Waals surface area (Å²) >= 11 is 12.8. The zero-order valence-electron chi connectivity index (χ0n) is 28.3. The molecule has 1 heterocycles. The average Bonchev–Trinajstić information content (AvgIpc) is 3.86. The zero-order valence-corrected chi connectivity index (χ0v) is 30.7. The molecule has 5 rings (SSSR count). The van der Waals surface area contributed by atoms with E-state index in [9.17, 15) is 18.0 Å². The lowest BCUT2D eigenvalue weighted by Gasteiger charge is -2.52. The maximum atomic E-state index is 15.1. The van der Waals surface area contributed by atoms with Crippen molar-refractivity contribution in [2.75, 3.05) is 18.2 Å². The monoisotopic (exact) mass is 727 g/mol. The first-order valence-electron chi connectivity index (χ1n) is 16.3. The molecule has 0 unspecified atom stereocenters. The molecule has 3 amide bonds. The molecule has 49 heavy (non-hydrogen) atoms. The smallest absolute Gasteiger partial charge is 0.252 e. The third-order valence-electron chi connectivity index (χ3n) is 9.74. The minimum absolute atomic E-state index is 0.0108. The fourth-order valence-electron chi connectivity index (χ4n) is 6.84. The Balaban J connectivity index is 1.61. The van der Waals surface area contributed by atoms with Gasteiger partial charge in [-0.25, -0.2) is 8.42 Å². The molecular weight excluding hydrogens is 685 g/mol. The SMILES string of the molecule is COc1cc(NC(=O)C[C@@]2(C)C[C@H](c3cccc(Cl)c3)[C@@H](c3ccc(Cl)cc3)N([C@H](CS(=O)(=O)C(C)(C)C)C3CC3)C2=O)ccc1C(N)=O. The summed E-state index contributed by atoms with van der Waals surface area (Å²) in [5.74, 6) is -1.74. The van der Waals surface area contributed by atoms with Crippen molar-refractivity contribution in [3.63, 3.8) is 0 Å². The summed E-state index contributed by atoms with van der Waals surface area (Å²) in [4.78, 5) is 42.4. The van der Waals surface area contributed by atoms with Gasteiger partial charge in [0.15, 0.2) is 9.84 Å². The molecule has 2 aliphatic rings. The maximum absolute atomic E-state index is 15.1. The first-order valence-corrected chi connectivity index (χ1v) is 18.7. The number of nitrogens with two attached hydrogens (primary N) is 1. The highest BCUT2D eigenvalue weighted by atomic mass is 35.5. The topological polar surface area (TPSA) is 136 Å². The molecule has 0 aromatic heterocycles. The highest BCUT2D eigenvalue weighted by Gasteiger charge is 2.55. The summed E-state index contributed by atoms with van der Waals surface area (Å²) < 4.78 is 31.9. The van der Waals surface area contributed by atoms with Crippen molar-refractivity contribution in [1.29, 1.82) is 0 Å². The van der Waals surface area contributed by atoms with Crippen LogP contribution in [0, 0.1) is 11.3 Å². The first-order chi connectivity index (χ1) is 22.9. The van der Waals surface area contributed by atoms with Crippen molar-refractivity contribution >= 4 is 56.4 Å². The number of piperidine rings is 1. The van der Waals surface area contributed by atoms with Crippen molar-refractivity contribution in [2.24, 2.45) is 17.1 Å². The van der Waals surface area contributed by atoms with Crippen LogP contribution in [0.4, 0.5) is 5.69 Å². The number of hydrogen-bond donors (Lipinski definition) is 2. The number of amides is 3. The van der Waals surface area contributed by atoms with E-state index in [0.717, 1.165) is 24.0 Å². The Bertz CT molecular complexity index is 1860. The summed E-state index contributed by atoms with van der Waals surface area (Å²) in [6.45, 7) is 6.80. The zero-order chi connectivity index (χ0) is 35.9. The second-order valence-electron chi connectivity index (χ2n) is 14.4. The van der Waals surface area contributed by atoms with Crippen molar-refractivity contribution in [1.82, 2.24) is 4.90 Å². The molecule has 12 heteroatoms. The van der Waals surface area contributed by atoms with Crippen LogP contribution < -0.4 is 15.8 Å². The molecule has 3 aromatic carbocycles. The Kier molecular flexibility index (Phi) is 10.4. The quantitative estimate of drug-likeness (QED) is 0.215. The molecule has 4 atom stereocenters. The first kappa shape index (κ1) is 36.7. The summed E-state index contributed by atoms with van der Waals surface area (Å²) in [6, 6.07) is 18.1. The molecule has 1 saturated carbocycles. The largest absolute Gasteiger partial charge is 0.496 e. The molecule has 0 bridgehead atoms. The Morgan fingerprint density at radius 3 is 2.27 bits per heavy atom. The molecular formula is C37H43Cl2N3O6S. The number of nitrogens with zero attached hydrogens (tertiary/aromatic N) is 1. The number of methoxy groups -OCH3 is 1. The Labute approximate surface area is 298 Å². The number of carbonyl (C=O) groups is 3. The highest BCUT2D eigenvalue weighted by molar-refractivity contribution is 7.92. The molecule has 262 valence electrons. The van der Waals surface area contributed by atoms with Crippen LogP contribution in [0.1, 0.15) is 86.8 Å². The Morgan fingerprint density at radius 1 is 1.02 bits per heavy atom. The number of hydrogen-bond acceptors (Lipinski definition) is 6. The van der Waals surface area contributed by atoms with Crippen LogP contribution >= 0.6 is 23.2 Å². The summed E-state index contributed by atoms with van der Waals surface area (Å²) in [5.41, 5.74) is 6.45. The lowest BCUT2D eigenvalue weighted by atomic mass is 9.66. The minimum Gasteiger partial charge on any atom is -0.496 e. The fourth-order valence-corrected chi connectivity index (χ4v) is 8.55. The van der Waals surface area contributed by atoms with Gasteiger partial charge in [-0.15, -0.1) is 0 Å². The number of halogens is 2. The molecule has 1 aliphatic heterocycles. The van der Waals surface area contributed by atoms with Crippen LogP contribution in [-0.4, -0.2) is 54.7 Å². The lowest BCUT2D eigenvalue weighted by molar-refractivity contribution is -0.156. The standard InChI is InChI=1S/C37H43Cl2N3O6S/c1-36(2,3)49(46,47)21-30(22-9-10-22)42-33(23-11-13-25(38)14-12-23)29(24-7-6-8-26(39)17-24)19-37(4,35(42)45)20-32(43)41-27-15-16-28(34(40)44)31(18-27)48-5/h6-8,11-18,22,29-30,33H,9-10,19-21H2,1-5H3,(H2,40,44)(H,41,43)/t29-,30-,33-,37-/m1/s1. The van der Waals surface area contributed by atoms with Gasteiger partial charge in [0.05, 0.1) is 34.6 Å². The van der Waals surface area contributed by atoms with Crippen LogP contribution in [-0.2, 0) is 19.4 Å². The van der Waals surface area contributed by atoms with Crippen molar-refractivity contribution in [2.45, 2.75) is 76.1 Å². The van der Waals surface area contributed by atoms with Crippen LogP contribution in [0.25, 0.3) is 0 Å². The molecule has 1 aliphatic carbocycles. The van der Waals surface area contributed by atoms with Gasteiger partial charge in [0, 0.05) is 40.2 Å². The van der Waals surface area contributed by atoms with Crippen LogP contribution in [0.5, 0.6) is 5.75 Å². The van der Waals surface area contributed by atoms with Gasteiger partial charge in [-0.05, 0) is 93.5 Å². The van der Waals surface area contributed by atoms with Gasteiger partial charge in [-0.1, -0.05) is 54.4 Å². The van der Waals surface area contributed by atoms with E-state index in [1.165, 1.54) is 19.2 Å². The number of likely N-dealkylation sites (tertiary alicyclic amines) is 1. The van der Waals surface area contributed by atoms with Gasteiger partial charge in [-0.2, -0.15) is 0 Å². The second-order valence-corrected chi connectivity index (χ2v) is 18.1. The highest BCUT2D eigenvalue weighted by Crippen LogP contribution is 2.54. The number of rotatable bonds is 11. The second kappa shape index (κ2) is 14.0. The van der Waals surface area contributed by atoms with E-state index in [1.807, 2.05) is 30.3 Å². The molecule has 9 nitrogen and oxygen atoms in total. The van der Waals surface area contributed by atoms with Gasteiger partial charge < -0.3 is 20.7 Å². The van der Waals surface area contributed by atoms with Gasteiger partial charge in [0.25, 0.3) is 5.91 Å². The fraction of sp³-hybridized carbons (Fsp3) is 0.432. The summed E-state index contributed by atoms with van der Waals surface area (Å²) in [7, 11) is -2.26. The number of nitrogens with one attached hydrogen (secondary N) is 1. The van der Waals surface area contributed by atoms with E-state index in [-0.39, 0.29) is 47.7 Å². The number of carbonyl (C=O) groups excluding carboxylic acids is 3. The van der Waals surface area contributed by atoms with E-state index in [4.69, 9.17) is 33.7 Å². The van der Waals surface area contributed by atoms with Gasteiger partial charge in [-0.3, -0.25) is 14.4 Å². The summed E-state index contributed by atoms with van der Waals surface area (Å²) in [6.07, 6.45) is 1.69. The third kappa shape index (κ3) is 7.92. The van der Waals surface area contributed by atoms with E-state index < -0.39 is 43.9 Å². The number of benzene rings is 3. The van der Waals surface area contributed by atoms with E-state index in [1.54, 1.807) is 56.9 Å². The van der Waals surface area contributed by atoms with E-state index in [0.29, 0.717) is 15.7 Å². The number of anilines is 1. The van der Waals surface area contributed by atoms with Crippen LogP contribution in [0.2, 0.25) is 10.0 Å². The molecule has 0 spiro atoms. The maximum Gasteiger partial charge on any atom is 0.252 e. The molecule has 3 aromatic rings. The third-order valence-corrected chi connectivity index (χ3v) is 12.9. The summed E-state index contributed by atoms with van der Waals surface area (Å²) in [5, 5.41) is 3.91. The molecule has 3 N–H and O–H groups in total. The van der Waals surface area contributed by atoms with Gasteiger partial charge in [0.2, 0.25) is 11.8 Å². The minimum atomic E-state index is -3.65. The lowest BCUT2D eigenvalue weighted by Crippen LogP contribution is -2.59. The number of ether oxygens (including phenoxy) is 1. The molecule has 0 radical (unpaired) electrons. The molecule has 1 saturated heterocycles. The predicted octanol–water partition coefficient (Wildman–Crippen LogP) is 7.19. The van der Waals surface area contributed by atoms with Gasteiger partial charge in [0.1, 0.15) is 5.75 Å². The normalized spacial score (nSPS) is 22.0. The van der Waals surface area contributed by atoms with Crippen LogP contribution in [0.3, 0.4) is 0 Å². The van der Waals surface area contributed by atoms with Crippen molar-refractivity contribution in [3.8, 4) is 5.75 Å². The molecule has 2 fully saturated rings. The average molecular weight is 729 g/mol. The van der Waals surface area contributed by atoms with Gasteiger partial charge >= 0.3 is 0 Å². The van der Waals surface area contributed by atoms with Crippen molar-refractivity contribution in [3.05, 3.63) is 93.5 Å². The number of sulfone groups is 1. The van der Waals surface area contributed by atoms with E-state index in [2.05, 4.69) is 5.32 Å². The van der Waals surface area contributed by atoms with Crippen molar-refractivity contribution < 1.29 is 27.5 Å². The predicted molar refractivity (Wildman–Crippen MR) is 193 cm³/mol. The van der Waals surface area contributed by atoms with E-state index >= 15 is 4.79 Å². The Morgan fingerprint density at radius 2 is 1.69 bits per heavy atom. The number of primary amides is 1. The Hall–Kier alpha value is -3.60. The van der Waals surface area contributed by atoms with Crippen LogP contribution in [0.15, 0.2) is 66.7 Å².